The van der Waals surface area contributed by atoms with Gasteiger partial charge in [-0.15, -0.1) is 0 Å². The number of hydrogen-bond acceptors (Lipinski definition) is 3. The number of rotatable bonds is 3. The first-order chi connectivity index (χ1) is 7.79. The Hall–Kier alpha value is -1.87. The summed E-state index contributed by atoms with van der Waals surface area (Å²) in [5, 5.41) is 0. The number of para-hydroxylation sites is 1. The maximum absolute atomic E-state index is 5.66. The van der Waals surface area contributed by atoms with E-state index in [0.717, 1.165) is 16.9 Å². The predicted molar refractivity (Wildman–Crippen MR) is 63.4 cm³/mol. The van der Waals surface area contributed by atoms with Crippen molar-refractivity contribution in [3.63, 3.8) is 0 Å². The molecule has 16 heavy (non-hydrogen) atoms. The number of ether oxygens (including phenoxy) is 1. The molecular formula is C13H14N2O. The van der Waals surface area contributed by atoms with Gasteiger partial charge in [0.15, 0.2) is 0 Å². The molecule has 0 saturated carbocycles. The second kappa shape index (κ2) is 4.77. The normalized spacial score (nSPS) is 10.1. The highest BCUT2D eigenvalue weighted by Crippen LogP contribution is 2.23. The van der Waals surface area contributed by atoms with Crippen LogP contribution < -0.4 is 10.5 Å². The van der Waals surface area contributed by atoms with Crippen molar-refractivity contribution < 1.29 is 4.74 Å². The van der Waals surface area contributed by atoms with Crippen LogP contribution in [0.25, 0.3) is 0 Å². The molecule has 0 saturated heterocycles. The fourth-order valence-corrected chi connectivity index (χ4v) is 1.40. The number of pyridine rings is 1. The van der Waals surface area contributed by atoms with Crippen molar-refractivity contribution in [2.45, 2.75) is 13.5 Å². The molecule has 0 aliphatic rings. The third-order valence-electron chi connectivity index (χ3n) is 2.29. The van der Waals surface area contributed by atoms with Crippen LogP contribution in [0.1, 0.15) is 11.1 Å². The minimum atomic E-state index is 0.460. The molecule has 0 amide bonds. The number of hydrogen-bond donors (Lipinski definition) is 1. The van der Waals surface area contributed by atoms with Crippen molar-refractivity contribution in [1.82, 2.24) is 4.98 Å². The molecule has 82 valence electrons. The lowest BCUT2D eigenvalue weighted by molar-refractivity contribution is 0.457. The molecular weight excluding hydrogens is 200 g/mol. The van der Waals surface area contributed by atoms with E-state index < -0.39 is 0 Å². The SMILES string of the molecule is Cc1ccc(Oc2ccccc2CN)nc1. The summed E-state index contributed by atoms with van der Waals surface area (Å²) in [6.07, 6.45) is 1.78. The Bertz CT molecular complexity index is 466. The lowest BCUT2D eigenvalue weighted by Gasteiger charge is -2.08. The zero-order valence-electron chi connectivity index (χ0n) is 9.18. The fourth-order valence-electron chi connectivity index (χ4n) is 1.40. The Kier molecular flexibility index (Phi) is 3.17. The van der Waals surface area contributed by atoms with Gasteiger partial charge in [-0.1, -0.05) is 24.3 Å². The molecule has 3 heteroatoms. The molecule has 1 aromatic carbocycles. The van der Waals surface area contributed by atoms with Crippen molar-refractivity contribution in [3.05, 3.63) is 53.7 Å². The highest BCUT2D eigenvalue weighted by Gasteiger charge is 2.02. The number of nitrogens with zero attached hydrogens (tertiary/aromatic N) is 1. The van der Waals surface area contributed by atoms with Crippen LogP contribution in [-0.4, -0.2) is 4.98 Å². The average molecular weight is 214 g/mol. The van der Waals surface area contributed by atoms with Gasteiger partial charge in [0, 0.05) is 24.4 Å². The lowest BCUT2D eigenvalue weighted by Crippen LogP contribution is -1.99. The van der Waals surface area contributed by atoms with E-state index in [2.05, 4.69) is 4.98 Å². The first-order valence-corrected chi connectivity index (χ1v) is 5.18. The summed E-state index contributed by atoms with van der Waals surface area (Å²) < 4.78 is 5.66. The van der Waals surface area contributed by atoms with Crippen LogP contribution in [0.2, 0.25) is 0 Å². The minimum Gasteiger partial charge on any atom is -0.439 e. The first kappa shape index (κ1) is 10.6. The molecule has 0 atom stereocenters. The van der Waals surface area contributed by atoms with Gasteiger partial charge in [-0.05, 0) is 18.6 Å². The molecule has 0 unspecified atom stereocenters. The maximum Gasteiger partial charge on any atom is 0.219 e. The Morgan fingerprint density at radius 1 is 1.19 bits per heavy atom. The third-order valence-corrected chi connectivity index (χ3v) is 2.29. The van der Waals surface area contributed by atoms with E-state index >= 15 is 0 Å². The molecule has 1 heterocycles. The Morgan fingerprint density at radius 3 is 2.69 bits per heavy atom. The lowest BCUT2D eigenvalue weighted by atomic mass is 10.2. The largest absolute Gasteiger partial charge is 0.439 e. The van der Waals surface area contributed by atoms with E-state index in [1.807, 2.05) is 43.3 Å². The van der Waals surface area contributed by atoms with Gasteiger partial charge in [0.05, 0.1) is 0 Å². The van der Waals surface area contributed by atoms with E-state index in [1.54, 1.807) is 6.20 Å². The number of aryl methyl sites for hydroxylation is 1. The Balaban J connectivity index is 2.23. The summed E-state index contributed by atoms with van der Waals surface area (Å²) in [7, 11) is 0. The summed E-state index contributed by atoms with van der Waals surface area (Å²) in [6.45, 7) is 2.45. The molecule has 0 radical (unpaired) electrons. The molecule has 1 aromatic heterocycles. The molecule has 0 aliphatic heterocycles. The monoisotopic (exact) mass is 214 g/mol. The van der Waals surface area contributed by atoms with Crippen molar-refractivity contribution in [2.75, 3.05) is 0 Å². The van der Waals surface area contributed by atoms with Crippen molar-refractivity contribution in [2.24, 2.45) is 5.73 Å². The zero-order valence-corrected chi connectivity index (χ0v) is 9.18. The second-order valence-electron chi connectivity index (χ2n) is 3.59. The summed E-state index contributed by atoms with van der Waals surface area (Å²) in [6, 6.07) is 11.5. The van der Waals surface area contributed by atoms with E-state index in [4.69, 9.17) is 10.5 Å². The Morgan fingerprint density at radius 2 is 2.00 bits per heavy atom. The Labute approximate surface area is 94.9 Å². The molecule has 2 aromatic rings. The van der Waals surface area contributed by atoms with E-state index in [9.17, 15) is 0 Å². The highest BCUT2D eigenvalue weighted by molar-refractivity contribution is 5.36. The predicted octanol–water partition coefficient (Wildman–Crippen LogP) is 2.64. The van der Waals surface area contributed by atoms with Crippen molar-refractivity contribution >= 4 is 0 Å². The van der Waals surface area contributed by atoms with Crippen LogP contribution in [0.5, 0.6) is 11.6 Å². The number of aromatic nitrogens is 1. The van der Waals surface area contributed by atoms with Crippen LogP contribution in [0, 0.1) is 6.92 Å². The number of benzene rings is 1. The van der Waals surface area contributed by atoms with Gasteiger partial charge in [0.25, 0.3) is 0 Å². The van der Waals surface area contributed by atoms with Gasteiger partial charge < -0.3 is 10.5 Å². The van der Waals surface area contributed by atoms with Crippen LogP contribution in [-0.2, 0) is 6.54 Å². The van der Waals surface area contributed by atoms with Crippen LogP contribution in [0.3, 0.4) is 0 Å². The quantitative estimate of drug-likeness (QED) is 0.854. The first-order valence-electron chi connectivity index (χ1n) is 5.18. The van der Waals surface area contributed by atoms with Crippen molar-refractivity contribution in [3.8, 4) is 11.6 Å². The molecule has 2 rings (SSSR count). The molecule has 0 fully saturated rings. The van der Waals surface area contributed by atoms with Crippen molar-refractivity contribution in [1.29, 1.82) is 0 Å². The average Bonchev–Trinajstić information content (AvgIpc) is 2.33. The topological polar surface area (TPSA) is 48.1 Å². The standard InChI is InChI=1S/C13H14N2O/c1-10-6-7-13(15-9-10)16-12-5-3-2-4-11(12)8-14/h2-7,9H,8,14H2,1H3. The van der Waals surface area contributed by atoms with Crippen LogP contribution >= 0.6 is 0 Å². The zero-order chi connectivity index (χ0) is 11.4. The number of nitrogens with two attached hydrogens (primary N) is 1. The smallest absolute Gasteiger partial charge is 0.219 e. The summed E-state index contributed by atoms with van der Waals surface area (Å²) in [4.78, 5) is 4.19. The summed E-state index contributed by atoms with van der Waals surface area (Å²) >= 11 is 0. The fraction of sp³-hybridized carbons (Fsp3) is 0.154. The third kappa shape index (κ3) is 2.38. The maximum atomic E-state index is 5.66. The molecule has 3 nitrogen and oxygen atoms in total. The van der Waals surface area contributed by atoms with Crippen LogP contribution in [0.15, 0.2) is 42.6 Å². The van der Waals surface area contributed by atoms with Gasteiger partial charge in [0.1, 0.15) is 5.75 Å². The van der Waals surface area contributed by atoms with E-state index in [1.165, 1.54) is 0 Å². The van der Waals surface area contributed by atoms with Gasteiger partial charge in [-0.3, -0.25) is 0 Å². The van der Waals surface area contributed by atoms with Gasteiger partial charge in [-0.2, -0.15) is 0 Å². The summed E-state index contributed by atoms with van der Waals surface area (Å²) in [5.41, 5.74) is 7.72. The van der Waals surface area contributed by atoms with Gasteiger partial charge in [0.2, 0.25) is 5.88 Å². The highest BCUT2D eigenvalue weighted by atomic mass is 16.5. The van der Waals surface area contributed by atoms with Gasteiger partial charge >= 0.3 is 0 Å². The molecule has 0 bridgehead atoms. The minimum absolute atomic E-state index is 0.460. The summed E-state index contributed by atoms with van der Waals surface area (Å²) in [5.74, 6) is 1.35. The molecule has 0 spiro atoms. The van der Waals surface area contributed by atoms with E-state index in [-0.39, 0.29) is 0 Å². The molecule has 0 aliphatic carbocycles. The van der Waals surface area contributed by atoms with Crippen LogP contribution in [0.4, 0.5) is 0 Å². The second-order valence-corrected chi connectivity index (χ2v) is 3.59. The van der Waals surface area contributed by atoms with Gasteiger partial charge in [-0.25, -0.2) is 4.98 Å². The van der Waals surface area contributed by atoms with E-state index in [0.29, 0.717) is 12.4 Å². The molecule has 2 N–H and O–H groups in total.